The van der Waals surface area contributed by atoms with E-state index in [1.807, 2.05) is 0 Å². The second-order valence-electron chi connectivity index (χ2n) is 6.23. The zero-order valence-corrected chi connectivity index (χ0v) is 16.3. The van der Waals surface area contributed by atoms with E-state index in [4.69, 9.17) is 5.73 Å². The molecule has 0 spiro atoms. The summed E-state index contributed by atoms with van der Waals surface area (Å²) in [5.74, 6) is -0.0309. The van der Waals surface area contributed by atoms with Crippen LogP contribution < -0.4 is 10.6 Å². The lowest BCUT2D eigenvalue weighted by Crippen LogP contribution is -2.49. The van der Waals surface area contributed by atoms with Gasteiger partial charge in [0.25, 0.3) is 5.69 Å². The molecule has 1 aliphatic rings. The highest BCUT2D eigenvalue weighted by molar-refractivity contribution is 7.90. The van der Waals surface area contributed by atoms with E-state index in [1.54, 1.807) is 16.7 Å². The van der Waals surface area contributed by atoms with Gasteiger partial charge in [0.2, 0.25) is 5.91 Å². The first-order valence-electron chi connectivity index (χ1n) is 7.86. The van der Waals surface area contributed by atoms with Crippen molar-refractivity contribution in [1.82, 2.24) is 4.90 Å². The molecule has 9 nitrogen and oxygen atoms in total. The number of anilines is 1. The van der Waals surface area contributed by atoms with Crippen molar-refractivity contribution in [2.45, 2.75) is 24.3 Å². The fraction of sp³-hybridized carbons (Fsp3) is 0.533. The molecule has 11 heteroatoms. The van der Waals surface area contributed by atoms with Crippen LogP contribution in [0.3, 0.4) is 0 Å². The van der Waals surface area contributed by atoms with Crippen LogP contribution in [-0.4, -0.2) is 62.6 Å². The maximum Gasteiger partial charge on any atom is 0.293 e. The number of sulfone groups is 1. The third-order valence-electron chi connectivity index (χ3n) is 4.04. The molecule has 1 aromatic carbocycles. The summed E-state index contributed by atoms with van der Waals surface area (Å²) in [4.78, 5) is 26.2. The number of amides is 1. The van der Waals surface area contributed by atoms with E-state index in [2.05, 4.69) is 0 Å². The Hall–Kier alpha value is -1.91. The van der Waals surface area contributed by atoms with Crippen molar-refractivity contribution in [3.05, 3.63) is 28.3 Å². The summed E-state index contributed by atoms with van der Waals surface area (Å²) in [6.45, 7) is 3.52. The van der Waals surface area contributed by atoms with Gasteiger partial charge in [0.05, 0.1) is 9.82 Å². The lowest BCUT2D eigenvalue weighted by atomic mass is 10.2. The highest BCUT2D eigenvalue weighted by atomic mass is 35.5. The number of carbonyl (C=O) groups is 1. The van der Waals surface area contributed by atoms with Crippen molar-refractivity contribution in [3.63, 3.8) is 0 Å². The summed E-state index contributed by atoms with van der Waals surface area (Å²) in [6.07, 6.45) is 1.28. The number of carbonyl (C=O) groups excluding carboxylic acids is 1. The van der Waals surface area contributed by atoms with Gasteiger partial charge < -0.3 is 15.5 Å². The molecule has 1 saturated heterocycles. The van der Waals surface area contributed by atoms with Crippen LogP contribution in [-0.2, 0) is 14.6 Å². The largest absolute Gasteiger partial charge is 0.362 e. The van der Waals surface area contributed by atoms with Gasteiger partial charge in [-0.05, 0) is 19.1 Å². The van der Waals surface area contributed by atoms with Crippen LogP contribution in [0.25, 0.3) is 0 Å². The molecule has 0 saturated carbocycles. The van der Waals surface area contributed by atoms with E-state index >= 15 is 0 Å². The number of nitro benzene ring substituents is 1. The first kappa shape index (κ1) is 22.1. The fourth-order valence-electron chi connectivity index (χ4n) is 2.75. The molecule has 1 heterocycles. The number of piperazine rings is 1. The number of rotatable bonds is 5. The van der Waals surface area contributed by atoms with Gasteiger partial charge in [-0.1, -0.05) is 0 Å². The number of nitro groups is 1. The van der Waals surface area contributed by atoms with Crippen LogP contribution in [0.4, 0.5) is 11.4 Å². The van der Waals surface area contributed by atoms with Crippen LogP contribution in [0.15, 0.2) is 23.1 Å². The van der Waals surface area contributed by atoms with Crippen LogP contribution >= 0.6 is 12.4 Å². The van der Waals surface area contributed by atoms with Gasteiger partial charge in [-0.3, -0.25) is 14.9 Å². The SMILES string of the molecule is CC(N)CC(=O)N1CCN(c2ccc(S(C)(=O)=O)cc2[N+](=O)[O-])CC1.Cl. The molecule has 0 aromatic heterocycles. The van der Waals surface area contributed by atoms with Crippen LogP contribution in [0, 0.1) is 10.1 Å². The second-order valence-corrected chi connectivity index (χ2v) is 8.24. The zero-order chi connectivity index (χ0) is 18.8. The van der Waals surface area contributed by atoms with E-state index < -0.39 is 14.8 Å². The van der Waals surface area contributed by atoms with Crippen molar-refractivity contribution in [2.24, 2.45) is 5.73 Å². The molecule has 1 aromatic rings. The smallest absolute Gasteiger partial charge is 0.293 e. The maximum atomic E-state index is 12.0. The minimum Gasteiger partial charge on any atom is -0.362 e. The molecule has 146 valence electrons. The first-order chi connectivity index (χ1) is 11.6. The monoisotopic (exact) mass is 406 g/mol. The molecule has 2 N–H and O–H groups in total. The second kappa shape index (κ2) is 8.65. The van der Waals surface area contributed by atoms with E-state index in [9.17, 15) is 23.3 Å². The summed E-state index contributed by atoms with van der Waals surface area (Å²) < 4.78 is 23.2. The Balaban J connectivity index is 0.00000338. The quantitative estimate of drug-likeness (QED) is 0.566. The Labute approximate surface area is 158 Å². The van der Waals surface area contributed by atoms with Gasteiger partial charge in [-0.25, -0.2) is 8.42 Å². The number of benzene rings is 1. The summed E-state index contributed by atoms with van der Waals surface area (Å²) in [5, 5.41) is 11.3. The Bertz CT molecular complexity index is 776. The van der Waals surface area contributed by atoms with E-state index in [0.717, 1.165) is 12.3 Å². The highest BCUT2D eigenvalue weighted by Crippen LogP contribution is 2.31. The molecule has 1 fully saturated rings. The third-order valence-corrected chi connectivity index (χ3v) is 5.15. The minimum atomic E-state index is -3.53. The van der Waals surface area contributed by atoms with Crippen molar-refractivity contribution in [1.29, 1.82) is 0 Å². The summed E-state index contributed by atoms with van der Waals surface area (Å²) in [6, 6.07) is 3.69. The summed E-state index contributed by atoms with van der Waals surface area (Å²) in [7, 11) is -3.53. The van der Waals surface area contributed by atoms with Crippen LogP contribution in [0.1, 0.15) is 13.3 Å². The Morgan fingerprint density at radius 1 is 1.31 bits per heavy atom. The standard InChI is InChI=1S/C15H22N4O5S.ClH/c1-11(16)9-15(20)18-7-5-17(6-8-18)13-4-3-12(25(2,23)24)10-14(13)19(21)22;/h3-4,10-11H,5-9,16H2,1-2H3;1H. The topological polar surface area (TPSA) is 127 Å². The molecule has 0 bridgehead atoms. The highest BCUT2D eigenvalue weighted by Gasteiger charge is 2.27. The molecule has 1 amide bonds. The number of nitrogens with two attached hydrogens (primary N) is 1. The van der Waals surface area contributed by atoms with Crippen LogP contribution in [0.5, 0.6) is 0 Å². The normalized spacial score (nSPS) is 16.0. The Morgan fingerprint density at radius 3 is 2.35 bits per heavy atom. The molecular formula is C15H23ClN4O5S. The summed E-state index contributed by atoms with van der Waals surface area (Å²) >= 11 is 0. The Kier molecular flexibility index (Phi) is 7.36. The van der Waals surface area contributed by atoms with Crippen molar-refractivity contribution in [2.75, 3.05) is 37.3 Å². The minimum absolute atomic E-state index is 0. The van der Waals surface area contributed by atoms with Crippen molar-refractivity contribution >= 4 is 39.5 Å². The van der Waals surface area contributed by atoms with E-state index in [1.165, 1.54) is 12.1 Å². The fourth-order valence-corrected chi connectivity index (χ4v) is 3.39. The predicted octanol–water partition coefficient (Wildman–Crippen LogP) is 0.806. The van der Waals surface area contributed by atoms with Gasteiger partial charge >= 0.3 is 0 Å². The average Bonchev–Trinajstić information content (AvgIpc) is 2.53. The number of hydrogen-bond donors (Lipinski definition) is 1. The van der Waals surface area contributed by atoms with Gasteiger partial charge in [0.15, 0.2) is 9.84 Å². The van der Waals surface area contributed by atoms with Gasteiger partial charge in [-0.2, -0.15) is 0 Å². The maximum absolute atomic E-state index is 12.0. The number of hydrogen-bond acceptors (Lipinski definition) is 7. The number of nitrogens with zero attached hydrogens (tertiary/aromatic N) is 3. The number of halogens is 1. The first-order valence-corrected chi connectivity index (χ1v) is 9.75. The lowest BCUT2D eigenvalue weighted by molar-refractivity contribution is -0.384. The van der Waals surface area contributed by atoms with Gasteiger partial charge in [-0.15, -0.1) is 12.4 Å². The molecule has 1 atom stereocenters. The predicted molar refractivity (Wildman–Crippen MR) is 101 cm³/mol. The van der Waals surface area contributed by atoms with Crippen LogP contribution in [0.2, 0.25) is 0 Å². The van der Waals surface area contributed by atoms with E-state index in [-0.39, 0.29) is 41.4 Å². The molecule has 1 aliphatic heterocycles. The summed E-state index contributed by atoms with van der Waals surface area (Å²) in [5.41, 5.74) is 5.75. The molecular weight excluding hydrogens is 384 g/mol. The van der Waals surface area contributed by atoms with Crippen molar-refractivity contribution in [3.8, 4) is 0 Å². The molecule has 0 radical (unpaired) electrons. The van der Waals surface area contributed by atoms with Gasteiger partial charge in [0.1, 0.15) is 5.69 Å². The van der Waals surface area contributed by atoms with E-state index in [0.29, 0.717) is 31.9 Å². The van der Waals surface area contributed by atoms with Gasteiger partial charge in [0, 0.05) is 51.0 Å². The average molecular weight is 407 g/mol. The molecule has 1 unspecified atom stereocenters. The zero-order valence-electron chi connectivity index (χ0n) is 14.6. The van der Waals surface area contributed by atoms with Crippen molar-refractivity contribution < 1.29 is 18.1 Å². The Morgan fingerprint density at radius 2 is 1.88 bits per heavy atom. The molecule has 2 rings (SSSR count). The lowest BCUT2D eigenvalue weighted by Gasteiger charge is -2.36. The molecule has 0 aliphatic carbocycles. The molecule has 26 heavy (non-hydrogen) atoms. The third kappa shape index (κ3) is 5.29.